The lowest BCUT2D eigenvalue weighted by Crippen LogP contribution is -2.39. The molecule has 1 heterocycles. The fourth-order valence-electron chi connectivity index (χ4n) is 1.89. The van der Waals surface area contributed by atoms with Gasteiger partial charge in [0.25, 0.3) is 11.6 Å². The molecule has 8 heteroatoms. The monoisotopic (exact) mass is 315 g/mol. The van der Waals surface area contributed by atoms with Gasteiger partial charge in [-0.1, -0.05) is 25.4 Å². The van der Waals surface area contributed by atoms with Gasteiger partial charge in [-0.2, -0.15) is 0 Å². The van der Waals surface area contributed by atoms with E-state index in [4.69, 9.17) is 11.6 Å². The molecule has 0 bridgehead atoms. The molecule has 0 aromatic carbocycles. The van der Waals surface area contributed by atoms with Crippen LogP contribution in [0.2, 0.25) is 5.15 Å². The van der Waals surface area contributed by atoms with Crippen LogP contribution in [0.15, 0.2) is 12.3 Å². The van der Waals surface area contributed by atoms with Crippen LogP contribution in [0.25, 0.3) is 0 Å². The van der Waals surface area contributed by atoms with Gasteiger partial charge in [-0.05, 0) is 18.9 Å². The molecule has 0 fully saturated rings. The Morgan fingerprint density at radius 1 is 1.52 bits per heavy atom. The normalized spacial score (nSPS) is 11.2. The van der Waals surface area contributed by atoms with E-state index in [1.807, 2.05) is 13.8 Å². The van der Waals surface area contributed by atoms with Gasteiger partial charge in [0, 0.05) is 12.0 Å². The van der Waals surface area contributed by atoms with E-state index in [1.54, 1.807) is 0 Å². The van der Waals surface area contributed by atoms with Crippen molar-refractivity contribution in [2.75, 3.05) is 13.2 Å². The SMILES string of the molecule is CCC(CC)(CO)CNC(=O)c1cc(Cl)ncc1[N+](=O)[O-]. The van der Waals surface area contributed by atoms with Gasteiger partial charge in [-0.15, -0.1) is 0 Å². The van der Waals surface area contributed by atoms with Crippen LogP contribution in [-0.2, 0) is 0 Å². The summed E-state index contributed by atoms with van der Waals surface area (Å²) in [6.07, 6.45) is 2.31. The summed E-state index contributed by atoms with van der Waals surface area (Å²) in [5.74, 6) is -0.606. The highest BCUT2D eigenvalue weighted by molar-refractivity contribution is 6.29. The minimum atomic E-state index is -0.683. The van der Waals surface area contributed by atoms with E-state index < -0.39 is 21.9 Å². The Morgan fingerprint density at radius 3 is 2.62 bits per heavy atom. The Morgan fingerprint density at radius 2 is 2.14 bits per heavy atom. The van der Waals surface area contributed by atoms with Crippen molar-refractivity contribution in [2.24, 2.45) is 5.41 Å². The Bertz CT molecular complexity index is 524. The van der Waals surface area contributed by atoms with Crippen LogP contribution in [-0.4, -0.2) is 34.1 Å². The van der Waals surface area contributed by atoms with Gasteiger partial charge in [-0.3, -0.25) is 14.9 Å². The molecular weight excluding hydrogens is 298 g/mol. The molecule has 0 spiro atoms. The first-order valence-electron chi connectivity index (χ1n) is 6.58. The number of pyridine rings is 1. The average Bonchev–Trinajstić information content (AvgIpc) is 2.48. The number of nitro groups is 1. The number of aliphatic hydroxyl groups excluding tert-OH is 1. The molecule has 0 radical (unpaired) electrons. The van der Waals surface area contributed by atoms with Crippen molar-refractivity contribution < 1.29 is 14.8 Å². The number of aromatic nitrogens is 1. The van der Waals surface area contributed by atoms with Gasteiger partial charge in [0.15, 0.2) is 0 Å². The molecule has 0 aliphatic heterocycles. The Kier molecular flexibility index (Phi) is 6.04. The summed E-state index contributed by atoms with van der Waals surface area (Å²) in [4.78, 5) is 26.0. The minimum Gasteiger partial charge on any atom is -0.396 e. The van der Waals surface area contributed by atoms with Crippen molar-refractivity contribution in [1.82, 2.24) is 10.3 Å². The molecule has 0 aliphatic rings. The Labute approximate surface area is 127 Å². The van der Waals surface area contributed by atoms with E-state index in [9.17, 15) is 20.0 Å². The summed E-state index contributed by atoms with van der Waals surface area (Å²) in [6.45, 7) is 3.99. The number of hydrogen-bond donors (Lipinski definition) is 2. The van der Waals surface area contributed by atoms with Crippen molar-refractivity contribution in [3.8, 4) is 0 Å². The Balaban J connectivity index is 2.95. The van der Waals surface area contributed by atoms with Crippen LogP contribution in [0.5, 0.6) is 0 Å². The molecule has 0 atom stereocenters. The third-order valence-electron chi connectivity index (χ3n) is 3.75. The number of carbonyl (C=O) groups is 1. The zero-order valence-electron chi connectivity index (χ0n) is 11.9. The number of hydrogen-bond acceptors (Lipinski definition) is 5. The van der Waals surface area contributed by atoms with E-state index in [2.05, 4.69) is 10.3 Å². The molecule has 116 valence electrons. The molecule has 0 aliphatic carbocycles. The predicted molar refractivity (Wildman–Crippen MR) is 78.3 cm³/mol. The van der Waals surface area contributed by atoms with E-state index in [0.717, 1.165) is 12.3 Å². The fraction of sp³-hybridized carbons (Fsp3) is 0.538. The third kappa shape index (κ3) is 4.12. The molecule has 1 aromatic heterocycles. The lowest BCUT2D eigenvalue weighted by Gasteiger charge is -2.29. The number of amides is 1. The number of nitrogens with one attached hydrogen (secondary N) is 1. The lowest BCUT2D eigenvalue weighted by molar-refractivity contribution is -0.385. The van der Waals surface area contributed by atoms with E-state index >= 15 is 0 Å². The maximum atomic E-state index is 12.1. The minimum absolute atomic E-state index is 0.00477. The number of halogens is 1. The van der Waals surface area contributed by atoms with Crippen molar-refractivity contribution >= 4 is 23.2 Å². The van der Waals surface area contributed by atoms with Gasteiger partial charge in [0.05, 0.1) is 11.5 Å². The van der Waals surface area contributed by atoms with Crippen molar-refractivity contribution in [3.63, 3.8) is 0 Å². The number of rotatable bonds is 7. The van der Waals surface area contributed by atoms with Crippen LogP contribution in [0.1, 0.15) is 37.0 Å². The quantitative estimate of drug-likeness (QED) is 0.456. The van der Waals surface area contributed by atoms with Crippen LogP contribution in [0.4, 0.5) is 5.69 Å². The summed E-state index contributed by atoms with van der Waals surface area (Å²) in [7, 11) is 0. The summed E-state index contributed by atoms with van der Waals surface area (Å²) >= 11 is 5.68. The van der Waals surface area contributed by atoms with Crippen molar-refractivity contribution in [2.45, 2.75) is 26.7 Å². The molecule has 0 unspecified atom stereocenters. The topological polar surface area (TPSA) is 105 Å². The molecule has 21 heavy (non-hydrogen) atoms. The summed E-state index contributed by atoms with van der Waals surface area (Å²) in [5.41, 5.74) is -0.972. The smallest absolute Gasteiger partial charge is 0.300 e. The van der Waals surface area contributed by atoms with Crippen LogP contribution in [0, 0.1) is 15.5 Å². The molecule has 0 saturated heterocycles. The first-order valence-corrected chi connectivity index (χ1v) is 6.96. The standard InChI is InChI=1S/C13H18ClN3O4/c1-3-13(4-2,8-18)7-16-12(19)9-5-11(14)15-6-10(9)17(20)21/h5-6,18H,3-4,7-8H2,1-2H3,(H,16,19). The second-order valence-corrected chi connectivity index (χ2v) is 5.22. The third-order valence-corrected chi connectivity index (χ3v) is 3.96. The largest absolute Gasteiger partial charge is 0.396 e. The first-order chi connectivity index (χ1) is 9.89. The highest BCUT2D eigenvalue weighted by atomic mass is 35.5. The second kappa shape index (κ2) is 7.33. The molecule has 1 rings (SSSR count). The zero-order chi connectivity index (χ0) is 16.0. The number of nitrogens with zero attached hydrogens (tertiary/aromatic N) is 2. The van der Waals surface area contributed by atoms with Crippen molar-refractivity contribution in [3.05, 3.63) is 33.1 Å². The zero-order valence-corrected chi connectivity index (χ0v) is 12.7. The van der Waals surface area contributed by atoms with Gasteiger partial charge in [-0.25, -0.2) is 4.98 Å². The molecule has 0 saturated carbocycles. The number of aliphatic hydroxyl groups is 1. The Hall–Kier alpha value is -1.73. The highest BCUT2D eigenvalue weighted by Gasteiger charge is 2.28. The molecule has 1 amide bonds. The van der Waals surface area contributed by atoms with Crippen molar-refractivity contribution in [1.29, 1.82) is 0 Å². The maximum absolute atomic E-state index is 12.1. The van der Waals surface area contributed by atoms with Gasteiger partial charge in [0.1, 0.15) is 16.9 Å². The van der Waals surface area contributed by atoms with Crippen LogP contribution < -0.4 is 5.32 Å². The van der Waals surface area contributed by atoms with E-state index in [1.165, 1.54) is 0 Å². The predicted octanol–water partition coefficient (Wildman–Crippen LogP) is 2.17. The summed E-state index contributed by atoms with van der Waals surface area (Å²) in [6, 6.07) is 1.16. The second-order valence-electron chi connectivity index (χ2n) is 4.83. The molecule has 7 nitrogen and oxygen atoms in total. The molecule has 1 aromatic rings. The highest BCUT2D eigenvalue weighted by Crippen LogP contribution is 2.25. The lowest BCUT2D eigenvalue weighted by atomic mass is 9.83. The first kappa shape index (κ1) is 17.3. The maximum Gasteiger partial charge on any atom is 0.300 e. The van der Waals surface area contributed by atoms with Crippen LogP contribution in [0.3, 0.4) is 0 Å². The van der Waals surface area contributed by atoms with E-state index in [0.29, 0.717) is 12.8 Å². The van der Waals surface area contributed by atoms with Gasteiger partial charge >= 0.3 is 0 Å². The molecule has 2 N–H and O–H groups in total. The molecular formula is C13H18ClN3O4. The van der Waals surface area contributed by atoms with E-state index in [-0.39, 0.29) is 23.9 Å². The average molecular weight is 316 g/mol. The van der Waals surface area contributed by atoms with Gasteiger partial charge < -0.3 is 10.4 Å². The fourth-order valence-corrected chi connectivity index (χ4v) is 2.05. The summed E-state index contributed by atoms with van der Waals surface area (Å²) < 4.78 is 0. The van der Waals surface area contributed by atoms with Gasteiger partial charge in [0.2, 0.25) is 0 Å². The summed E-state index contributed by atoms with van der Waals surface area (Å²) in [5, 5.41) is 23.0. The van der Waals surface area contributed by atoms with Crippen LogP contribution >= 0.6 is 11.6 Å². The number of carbonyl (C=O) groups excluding carboxylic acids is 1.